The van der Waals surface area contributed by atoms with E-state index in [1.54, 1.807) is 0 Å². The maximum absolute atomic E-state index is 10.7. The number of esters is 1. The van der Waals surface area contributed by atoms with Gasteiger partial charge in [-0.25, -0.2) is 0 Å². The molecule has 1 rings (SSSR count). The highest BCUT2D eigenvalue weighted by Crippen LogP contribution is 2.21. The molecule has 2 nitrogen and oxygen atoms in total. The highest BCUT2D eigenvalue weighted by molar-refractivity contribution is 9.09. The predicted octanol–water partition coefficient (Wildman–Crippen LogP) is 1.33. The number of halogens is 1. The van der Waals surface area contributed by atoms with Crippen LogP contribution in [-0.2, 0) is 9.53 Å². The topological polar surface area (TPSA) is 26.3 Å². The van der Waals surface area contributed by atoms with Crippen molar-refractivity contribution in [3.8, 4) is 0 Å². The van der Waals surface area contributed by atoms with Crippen molar-refractivity contribution in [2.45, 2.75) is 19.4 Å². The van der Waals surface area contributed by atoms with E-state index in [-0.39, 0.29) is 18.0 Å². The van der Waals surface area contributed by atoms with Crippen LogP contribution in [-0.4, -0.2) is 17.4 Å². The lowest BCUT2D eigenvalue weighted by atomic mass is 10.1. The van der Waals surface area contributed by atoms with Gasteiger partial charge in [0, 0.05) is 5.33 Å². The number of carbonyl (C=O) groups is 1. The molecule has 1 aliphatic rings. The summed E-state index contributed by atoms with van der Waals surface area (Å²) in [5.41, 5.74) is 0. The summed E-state index contributed by atoms with van der Waals surface area (Å²) in [4.78, 5) is 10.7. The van der Waals surface area contributed by atoms with E-state index in [2.05, 4.69) is 15.9 Å². The minimum Gasteiger partial charge on any atom is -0.461 e. The zero-order valence-corrected chi connectivity index (χ0v) is 6.85. The summed E-state index contributed by atoms with van der Waals surface area (Å²) in [5.74, 6) is 0.0481. The monoisotopic (exact) mass is 192 g/mol. The molecule has 52 valence electrons. The van der Waals surface area contributed by atoms with Gasteiger partial charge >= 0.3 is 5.97 Å². The standard InChI is InChI=1S/C6H9BrO2/c1-4-2-5(3-7)9-6(4)8/h4-5H,2-3H2,1H3. The largest absolute Gasteiger partial charge is 0.461 e. The first kappa shape index (κ1) is 7.06. The molecular formula is C6H9BrO2. The van der Waals surface area contributed by atoms with Crippen LogP contribution in [0.2, 0.25) is 0 Å². The third kappa shape index (κ3) is 1.45. The van der Waals surface area contributed by atoms with Gasteiger partial charge in [-0.05, 0) is 6.42 Å². The first-order valence-corrected chi connectivity index (χ1v) is 4.12. The second kappa shape index (κ2) is 2.69. The van der Waals surface area contributed by atoms with Gasteiger partial charge in [-0.1, -0.05) is 22.9 Å². The summed E-state index contributed by atoms with van der Waals surface area (Å²) in [7, 11) is 0. The van der Waals surface area contributed by atoms with Crippen molar-refractivity contribution in [3.63, 3.8) is 0 Å². The lowest BCUT2D eigenvalue weighted by Crippen LogP contribution is -2.07. The van der Waals surface area contributed by atoms with Gasteiger partial charge in [0.25, 0.3) is 0 Å². The molecule has 0 saturated carbocycles. The number of rotatable bonds is 1. The number of carbonyl (C=O) groups excluding carboxylic acids is 1. The highest BCUT2D eigenvalue weighted by atomic mass is 79.9. The molecule has 1 fully saturated rings. The van der Waals surface area contributed by atoms with Crippen LogP contribution in [0.5, 0.6) is 0 Å². The van der Waals surface area contributed by atoms with Gasteiger partial charge in [0.2, 0.25) is 0 Å². The molecule has 0 radical (unpaired) electrons. The predicted molar refractivity (Wildman–Crippen MR) is 37.5 cm³/mol. The van der Waals surface area contributed by atoms with Gasteiger partial charge in [0.05, 0.1) is 5.92 Å². The second-order valence-corrected chi connectivity index (χ2v) is 3.00. The molecule has 0 spiro atoms. The lowest BCUT2D eigenvalue weighted by Gasteiger charge is -2.00. The fourth-order valence-electron chi connectivity index (χ4n) is 0.914. The molecule has 0 amide bonds. The smallest absolute Gasteiger partial charge is 0.309 e. The molecule has 2 unspecified atom stereocenters. The molecular weight excluding hydrogens is 184 g/mol. The van der Waals surface area contributed by atoms with Gasteiger partial charge in [-0.3, -0.25) is 4.79 Å². The molecule has 9 heavy (non-hydrogen) atoms. The van der Waals surface area contributed by atoms with E-state index < -0.39 is 0 Å². The number of alkyl halides is 1. The number of hydrogen-bond acceptors (Lipinski definition) is 2. The van der Waals surface area contributed by atoms with E-state index in [1.165, 1.54) is 0 Å². The Kier molecular flexibility index (Phi) is 2.11. The fourth-order valence-corrected chi connectivity index (χ4v) is 1.31. The zero-order chi connectivity index (χ0) is 6.85. The van der Waals surface area contributed by atoms with Crippen LogP contribution in [0, 0.1) is 5.92 Å². The van der Waals surface area contributed by atoms with Crippen LogP contribution in [0.4, 0.5) is 0 Å². The number of ether oxygens (including phenoxy) is 1. The number of hydrogen-bond donors (Lipinski definition) is 0. The molecule has 2 atom stereocenters. The van der Waals surface area contributed by atoms with E-state index in [4.69, 9.17) is 4.74 Å². The van der Waals surface area contributed by atoms with E-state index in [1.807, 2.05) is 6.92 Å². The molecule has 1 heterocycles. The van der Waals surface area contributed by atoms with E-state index in [9.17, 15) is 4.79 Å². The molecule has 3 heteroatoms. The van der Waals surface area contributed by atoms with Crippen molar-refractivity contribution >= 4 is 21.9 Å². The summed E-state index contributed by atoms with van der Waals surface area (Å²) in [5, 5.41) is 0.767. The van der Waals surface area contributed by atoms with Crippen molar-refractivity contribution in [3.05, 3.63) is 0 Å². The molecule has 0 bridgehead atoms. The van der Waals surface area contributed by atoms with Crippen molar-refractivity contribution < 1.29 is 9.53 Å². The van der Waals surface area contributed by atoms with Crippen LogP contribution in [0.25, 0.3) is 0 Å². The lowest BCUT2D eigenvalue weighted by molar-refractivity contribution is -0.143. The number of cyclic esters (lactones) is 1. The Hall–Kier alpha value is -0.0500. The average molecular weight is 193 g/mol. The Morgan fingerprint density at radius 2 is 2.56 bits per heavy atom. The maximum atomic E-state index is 10.7. The average Bonchev–Trinajstić information content (AvgIpc) is 2.13. The van der Waals surface area contributed by atoms with E-state index in [0.717, 1.165) is 11.8 Å². The normalized spacial score (nSPS) is 34.7. The first-order valence-electron chi connectivity index (χ1n) is 3.00. The fraction of sp³-hybridized carbons (Fsp3) is 0.833. The Labute approximate surface area is 62.7 Å². The molecule has 1 aliphatic heterocycles. The van der Waals surface area contributed by atoms with Crippen LogP contribution in [0.1, 0.15) is 13.3 Å². The zero-order valence-electron chi connectivity index (χ0n) is 5.26. The van der Waals surface area contributed by atoms with Crippen molar-refractivity contribution in [2.75, 3.05) is 5.33 Å². The molecule has 1 saturated heterocycles. The summed E-state index contributed by atoms with van der Waals surface area (Å²) in [6, 6.07) is 0. The molecule has 0 aliphatic carbocycles. The maximum Gasteiger partial charge on any atom is 0.309 e. The first-order chi connectivity index (χ1) is 4.24. The Morgan fingerprint density at radius 1 is 1.89 bits per heavy atom. The van der Waals surface area contributed by atoms with E-state index >= 15 is 0 Å². The van der Waals surface area contributed by atoms with Crippen molar-refractivity contribution in [2.24, 2.45) is 5.92 Å². The van der Waals surface area contributed by atoms with Crippen LogP contribution in [0.3, 0.4) is 0 Å². The summed E-state index contributed by atoms with van der Waals surface area (Å²) >= 11 is 3.25. The summed E-state index contributed by atoms with van der Waals surface area (Å²) in [6.45, 7) is 1.89. The van der Waals surface area contributed by atoms with Crippen molar-refractivity contribution in [1.82, 2.24) is 0 Å². The molecule has 0 N–H and O–H groups in total. The van der Waals surface area contributed by atoms with Crippen LogP contribution < -0.4 is 0 Å². The Bertz CT molecular complexity index is 124. The SMILES string of the molecule is CC1CC(CBr)OC1=O. The minimum atomic E-state index is -0.0561. The summed E-state index contributed by atoms with van der Waals surface area (Å²) < 4.78 is 4.94. The molecule has 0 aromatic heterocycles. The van der Waals surface area contributed by atoms with Crippen LogP contribution in [0.15, 0.2) is 0 Å². The van der Waals surface area contributed by atoms with Gasteiger partial charge in [-0.15, -0.1) is 0 Å². The molecule has 0 aromatic carbocycles. The highest BCUT2D eigenvalue weighted by Gasteiger charge is 2.29. The Balaban J connectivity index is 2.44. The summed E-state index contributed by atoms with van der Waals surface area (Å²) in [6.07, 6.45) is 0.983. The molecule has 0 aromatic rings. The van der Waals surface area contributed by atoms with Gasteiger partial charge in [-0.2, -0.15) is 0 Å². The van der Waals surface area contributed by atoms with E-state index in [0.29, 0.717) is 0 Å². The quantitative estimate of drug-likeness (QED) is 0.463. The minimum absolute atomic E-state index is 0.0561. The third-order valence-electron chi connectivity index (χ3n) is 1.47. The van der Waals surface area contributed by atoms with Crippen molar-refractivity contribution in [1.29, 1.82) is 0 Å². The second-order valence-electron chi connectivity index (χ2n) is 2.35. The van der Waals surface area contributed by atoms with Gasteiger partial charge < -0.3 is 4.74 Å². The van der Waals surface area contributed by atoms with Gasteiger partial charge in [0.1, 0.15) is 6.10 Å². The third-order valence-corrected chi connectivity index (χ3v) is 2.20. The Morgan fingerprint density at radius 3 is 2.78 bits per heavy atom. The van der Waals surface area contributed by atoms with Crippen LogP contribution >= 0.6 is 15.9 Å². The van der Waals surface area contributed by atoms with Gasteiger partial charge in [0.15, 0.2) is 0 Å².